The van der Waals surface area contributed by atoms with Crippen LogP contribution in [0.25, 0.3) is 0 Å². The van der Waals surface area contributed by atoms with Crippen molar-refractivity contribution in [1.82, 2.24) is 4.98 Å². The minimum absolute atomic E-state index is 0.212. The number of benzene rings is 1. The third-order valence-electron chi connectivity index (χ3n) is 2.33. The lowest BCUT2D eigenvalue weighted by molar-refractivity contribution is 0.130. The highest BCUT2D eigenvalue weighted by Gasteiger charge is 2.03. The van der Waals surface area contributed by atoms with Gasteiger partial charge in [-0.25, -0.2) is 0 Å². The molecule has 0 aliphatic heterocycles. The van der Waals surface area contributed by atoms with Crippen LogP contribution in [0.4, 0.5) is 0 Å². The molecule has 0 amide bonds. The molecule has 0 radical (unpaired) electrons. The molecule has 0 aliphatic rings. The summed E-state index contributed by atoms with van der Waals surface area (Å²) in [5.74, 6) is 0.214. The fraction of sp³-hybridized carbons (Fsp3) is 0.0769. The van der Waals surface area contributed by atoms with Crippen molar-refractivity contribution in [3.8, 4) is 0 Å². The zero-order valence-corrected chi connectivity index (χ0v) is 11.4. The summed E-state index contributed by atoms with van der Waals surface area (Å²) in [5, 5.41) is 4.89. The van der Waals surface area contributed by atoms with Gasteiger partial charge in [0.05, 0.1) is 0 Å². The summed E-state index contributed by atoms with van der Waals surface area (Å²) >= 11 is 11.8. The van der Waals surface area contributed by atoms with Gasteiger partial charge in [-0.1, -0.05) is 40.5 Å². The number of hydrogen-bond acceptors (Lipinski definition) is 3. The number of aromatic nitrogens is 1. The Kier molecular flexibility index (Phi) is 4.60. The van der Waals surface area contributed by atoms with Crippen LogP contribution in [-0.2, 0) is 11.4 Å². The van der Waals surface area contributed by atoms with E-state index in [4.69, 9.17) is 33.8 Å². The predicted octanol–water partition coefficient (Wildman–Crippen LogP) is 3.23. The molecule has 2 rings (SSSR count). The minimum atomic E-state index is 0.212. The number of nitrogens with zero attached hydrogens (tertiary/aromatic N) is 2. The monoisotopic (exact) mass is 295 g/mol. The highest BCUT2D eigenvalue weighted by molar-refractivity contribution is 6.35. The van der Waals surface area contributed by atoms with E-state index in [0.29, 0.717) is 15.7 Å². The Morgan fingerprint density at radius 2 is 2.11 bits per heavy atom. The van der Waals surface area contributed by atoms with Gasteiger partial charge in [0.2, 0.25) is 0 Å². The minimum Gasteiger partial charge on any atom is -0.389 e. The van der Waals surface area contributed by atoms with E-state index in [-0.39, 0.29) is 12.4 Å². The highest BCUT2D eigenvalue weighted by Crippen LogP contribution is 2.21. The Balaban J connectivity index is 2.00. The third-order valence-corrected chi connectivity index (χ3v) is 2.91. The van der Waals surface area contributed by atoms with E-state index < -0.39 is 0 Å². The zero-order valence-electron chi connectivity index (χ0n) is 9.88. The van der Waals surface area contributed by atoms with Gasteiger partial charge in [-0.2, -0.15) is 0 Å². The number of halogens is 2. The van der Waals surface area contributed by atoms with Gasteiger partial charge >= 0.3 is 0 Å². The van der Waals surface area contributed by atoms with E-state index in [2.05, 4.69) is 10.1 Å². The van der Waals surface area contributed by atoms with Gasteiger partial charge in [0.15, 0.2) is 5.84 Å². The maximum Gasteiger partial charge on any atom is 0.188 e. The van der Waals surface area contributed by atoms with E-state index in [1.807, 2.05) is 6.07 Å². The van der Waals surface area contributed by atoms with E-state index >= 15 is 0 Å². The second-order valence-electron chi connectivity index (χ2n) is 3.70. The molecule has 0 aliphatic carbocycles. The Bertz CT molecular complexity index is 588. The van der Waals surface area contributed by atoms with Crippen LogP contribution in [0.5, 0.6) is 0 Å². The molecule has 0 fully saturated rings. The van der Waals surface area contributed by atoms with E-state index in [9.17, 15) is 0 Å². The van der Waals surface area contributed by atoms with Crippen LogP contribution in [-0.4, -0.2) is 10.8 Å². The van der Waals surface area contributed by atoms with Crippen molar-refractivity contribution in [2.24, 2.45) is 10.9 Å². The molecule has 0 spiro atoms. The van der Waals surface area contributed by atoms with Crippen LogP contribution in [0.3, 0.4) is 0 Å². The summed E-state index contributed by atoms with van der Waals surface area (Å²) < 4.78 is 0. The van der Waals surface area contributed by atoms with Crippen molar-refractivity contribution >= 4 is 29.0 Å². The Labute approximate surface area is 120 Å². The molecule has 2 aromatic rings. The average molecular weight is 296 g/mol. The van der Waals surface area contributed by atoms with E-state index in [1.54, 1.807) is 36.5 Å². The largest absolute Gasteiger partial charge is 0.389 e. The van der Waals surface area contributed by atoms with Gasteiger partial charge < -0.3 is 10.6 Å². The SMILES string of the molecule is N/C(=N/OCc1ccc(Cl)cc1Cl)c1ccccn1. The molecule has 98 valence electrons. The molecule has 0 atom stereocenters. The molecule has 6 heteroatoms. The van der Waals surface area contributed by atoms with Crippen molar-refractivity contribution in [2.75, 3.05) is 0 Å². The lowest BCUT2D eigenvalue weighted by Gasteiger charge is -2.04. The molecule has 1 heterocycles. The smallest absolute Gasteiger partial charge is 0.188 e. The van der Waals surface area contributed by atoms with Gasteiger partial charge in [0.1, 0.15) is 12.3 Å². The lowest BCUT2D eigenvalue weighted by atomic mass is 10.2. The summed E-state index contributed by atoms with van der Waals surface area (Å²) in [5.41, 5.74) is 7.07. The van der Waals surface area contributed by atoms with Gasteiger partial charge in [0, 0.05) is 21.8 Å². The normalized spacial score (nSPS) is 11.4. The van der Waals surface area contributed by atoms with Crippen LogP contribution in [0.1, 0.15) is 11.3 Å². The van der Waals surface area contributed by atoms with Crippen LogP contribution >= 0.6 is 23.2 Å². The molecule has 4 nitrogen and oxygen atoms in total. The third kappa shape index (κ3) is 3.84. The highest BCUT2D eigenvalue weighted by atomic mass is 35.5. The zero-order chi connectivity index (χ0) is 13.7. The molecular weight excluding hydrogens is 285 g/mol. The van der Waals surface area contributed by atoms with Gasteiger partial charge in [-0.3, -0.25) is 4.98 Å². The molecule has 1 aromatic heterocycles. The first-order valence-electron chi connectivity index (χ1n) is 5.47. The van der Waals surface area contributed by atoms with Crippen LogP contribution in [0, 0.1) is 0 Å². The molecule has 0 saturated carbocycles. The number of oxime groups is 1. The first-order valence-corrected chi connectivity index (χ1v) is 6.23. The molecule has 1 aromatic carbocycles. The van der Waals surface area contributed by atoms with Crippen molar-refractivity contribution < 1.29 is 4.84 Å². The van der Waals surface area contributed by atoms with Crippen LogP contribution in [0.2, 0.25) is 10.0 Å². The summed E-state index contributed by atoms with van der Waals surface area (Å²) in [4.78, 5) is 9.21. The molecule has 0 saturated heterocycles. The number of rotatable bonds is 4. The van der Waals surface area contributed by atoms with Crippen LogP contribution in [0.15, 0.2) is 47.8 Å². The number of amidine groups is 1. The van der Waals surface area contributed by atoms with Crippen LogP contribution < -0.4 is 5.73 Å². The van der Waals surface area contributed by atoms with Crippen molar-refractivity contribution in [3.63, 3.8) is 0 Å². The van der Waals surface area contributed by atoms with Gasteiger partial charge in [-0.05, 0) is 24.3 Å². The average Bonchev–Trinajstić information content (AvgIpc) is 2.42. The van der Waals surface area contributed by atoms with Crippen molar-refractivity contribution in [1.29, 1.82) is 0 Å². The lowest BCUT2D eigenvalue weighted by Crippen LogP contribution is -2.15. The second-order valence-corrected chi connectivity index (χ2v) is 4.54. The molecule has 2 N–H and O–H groups in total. The fourth-order valence-corrected chi connectivity index (χ4v) is 1.83. The van der Waals surface area contributed by atoms with E-state index in [1.165, 1.54) is 0 Å². The molecular formula is C13H11Cl2N3O. The van der Waals surface area contributed by atoms with E-state index in [0.717, 1.165) is 5.56 Å². The van der Waals surface area contributed by atoms with Gasteiger partial charge in [-0.15, -0.1) is 0 Å². The summed E-state index contributed by atoms with van der Waals surface area (Å²) in [6, 6.07) is 10.5. The second kappa shape index (κ2) is 6.41. The molecule has 19 heavy (non-hydrogen) atoms. The summed E-state index contributed by atoms with van der Waals surface area (Å²) in [6.07, 6.45) is 1.63. The Hall–Kier alpha value is -1.78. The standard InChI is InChI=1S/C13H11Cl2N3O/c14-10-5-4-9(11(15)7-10)8-19-18-13(16)12-3-1-2-6-17-12/h1-7H,8H2,(H2,16,18). The number of hydrogen-bond donors (Lipinski definition) is 1. The maximum absolute atomic E-state index is 6.01. The number of nitrogens with two attached hydrogens (primary N) is 1. The van der Waals surface area contributed by atoms with Crippen molar-refractivity contribution in [3.05, 3.63) is 63.9 Å². The Morgan fingerprint density at radius 3 is 2.79 bits per heavy atom. The molecule has 0 bridgehead atoms. The topological polar surface area (TPSA) is 60.5 Å². The number of pyridine rings is 1. The predicted molar refractivity (Wildman–Crippen MR) is 76.2 cm³/mol. The fourth-order valence-electron chi connectivity index (χ4n) is 1.37. The Morgan fingerprint density at radius 1 is 1.26 bits per heavy atom. The molecule has 0 unspecified atom stereocenters. The first-order chi connectivity index (χ1) is 9.16. The quantitative estimate of drug-likeness (QED) is 0.535. The summed E-state index contributed by atoms with van der Waals surface area (Å²) in [7, 11) is 0. The summed E-state index contributed by atoms with van der Waals surface area (Å²) in [6.45, 7) is 0.212. The van der Waals surface area contributed by atoms with Crippen molar-refractivity contribution in [2.45, 2.75) is 6.61 Å². The first kappa shape index (κ1) is 13.6. The maximum atomic E-state index is 6.01. The van der Waals surface area contributed by atoms with Gasteiger partial charge in [0.25, 0.3) is 0 Å².